The van der Waals surface area contributed by atoms with E-state index in [-0.39, 0.29) is 5.41 Å². The van der Waals surface area contributed by atoms with Crippen LogP contribution >= 0.6 is 0 Å². The topological polar surface area (TPSA) is 64.3 Å². The van der Waals surface area contributed by atoms with E-state index in [0.717, 1.165) is 6.54 Å². The largest absolute Gasteiger partial charge is 0.494 e. The van der Waals surface area contributed by atoms with Crippen LogP contribution in [0.4, 0.5) is 5.95 Å². The van der Waals surface area contributed by atoms with Gasteiger partial charge in [-0.1, -0.05) is 13.8 Å². The fourth-order valence-electron chi connectivity index (χ4n) is 1.39. The predicted octanol–water partition coefficient (Wildman–Crippen LogP) is 0.906. The summed E-state index contributed by atoms with van der Waals surface area (Å²) in [5.74, 6) is 1.34. The maximum absolute atomic E-state index is 5.69. The van der Waals surface area contributed by atoms with Crippen molar-refractivity contribution in [3.8, 4) is 5.75 Å². The lowest BCUT2D eigenvalue weighted by Crippen LogP contribution is -2.37. The van der Waals surface area contributed by atoms with Gasteiger partial charge in [-0.3, -0.25) is 0 Å². The van der Waals surface area contributed by atoms with Gasteiger partial charge in [-0.25, -0.2) is 9.97 Å². The van der Waals surface area contributed by atoms with Gasteiger partial charge in [-0.15, -0.1) is 0 Å². The average molecular weight is 224 g/mol. The van der Waals surface area contributed by atoms with Crippen LogP contribution in [-0.2, 0) is 0 Å². The van der Waals surface area contributed by atoms with Crippen LogP contribution in [0, 0.1) is 5.41 Å². The molecule has 90 valence electrons. The summed E-state index contributed by atoms with van der Waals surface area (Å²) in [5, 5.41) is 0. The first-order valence-electron chi connectivity index (χ1n) is 5.26. The first-order valence-corrected chi connectivity index (χ1v) is 5.26. The van der Waals surface area contributed by atoms with Crippen molar-refractivity contribution < 1.29 is 4.74 Å². The molecule has 0 bridgehead atoms. The Labute approximate surface area is 96.6 Å². The van der Waals surface area contributed by atoms with Crippen molar-refractivity contribution in [1.82, 2.24) is 9.97 Å². The first kappa shape index (κ1) is 12.7. The number of aromatic nitrogens is 2. The van der Waals surface area contributed by atoms with Crippen LogP contribution in [0.15, 0.2) is 12.4 Å². The number of anilines is 1. The van der Waals surface area contributed by atoms with Crippen LogP contribution < -0.4 is 15.4 Å². The van der Waals surface area contributed by atoms with E-state index in [2.05, 4.69) is 23.8 Å². The van der Waals surface area contributed by atoms with E-state index < -0.39 is 0 Å². The molecule has 2 N–H and O–H groups in total. The number of nitrogens with two attached hydrogens (primary N) is 1. The molecule has 1 aromatic rings. The van der Waals surface area contributed by atoms with Crippen LogP contribution in [0.1, 0.15) is 13.8 Å². The molecular weight excluding hydrogens is 204 g/mol. The van der Waals surface area contributed by atoms with Crippen LogP contribution in [0.25, 0.3) is 0 Å². The summed E-state index contributed by atoms with van der Waals surface area (Å²) in [6.07, 6.45) is 3.32. The van der Waals surface area contributed by atoms with Gasteiger partial charge in [0.2, 0.25) is 5.95 Å². The zero-order valence-corrected chi connectivity index (χ0v) is 10.4. The van der Waals surface area contributed by atoms with Gasteiger partial charge in [0.05, 0.1) is 19.5 Å². The fraction of sp³-hybridized carbons (Fsp3) is 0.636. The summed E-state index contributed by atoms with van der Waals surface area (Å²) in [6, 6.07) is 0. The Balaban J connectivity index is 2.69. The van der Waals surface area contributed by atoms with Crippen LogP contribution in [0.5, 0.6) is 5.75 Å². The average Bonchev–Trinajstić information content (AvgIpc) is 2.28. The smallest absolute Gasteiger partial charge is 0.225 e. The Hall–Kier alpha value is -1.36. The van der Waals surface area contributed by atoms with Gasteiger partial charge in [0.25, 0.3) is 0 Å². The summed E-state index contributed by atoms with van der Waals surface area (Å²) < 4.78 is 5.01. The number of hydrogen-bond donors (Lipinski definition) is 1. The van der Waals surface area contributed by atoms with Gasteiger partial charge >= 0.3 is 0 Å². The van der Waals surface area contributed by atoms with Crippen LogP contribution in [0.3, 0.4) is 0 Å². The Morgan fingerprint density at radius 1 is 1.38 bits per heavy atom. The van der Waals surface area contributed by atoms with Gasteiger partial charge in [0.15, 0.2) is 5.75 Å². The molecule has 0 spiro atoms. The normalized spacial score (nSPS) is 11.3. The van der Waals surface area contributed by atoms with Gasteiger partial charge < -0.3 is 15.4 Å². The molecule has 0 saturated carbocycles. The molecule has 0 atom stereocenters. The number of rotatable bonds is 5. The van der Waals surface area contributed by atoms with Crippen molar-refractivity contribution in [2.75, 3.05) is 32.1 Å². The van der Waals surface area contributed by atoms with Gasteiger partial charge in [0.1, 0.15) is 0 Å². The van der Waals surface area contributed by atoms with Gasteiger partial charge in [-0.2, -0.15) is 0 Å². The van der Waals surface area contributed by atoms with E-state index in [1.165, 1.54) is 0 Å². The molecule has 5 heteroatoms. The lowest BCUT2D eigenvalue weighted by atomic mass is 9.93. The van der Waals surface area contributed by atoms with Crippen molar-refractivity contribution >= 4 is 5.95 Å². The van der Waals surface area contributed by atoms with Crippen LogP contribution in [0.2, 0.25) is 0 Å². The Morgan fingerprint density at radius 3 is 2.38 bits per heavy atom. The lowest BCUT2D eigenvalue weighted by Gasteiger charge is -2.28. The summed E-state index contributed by atoms with van der Waals surface area (Å²) in [5.41, 5.74) is 5.74. The van der Waals surface area contributed by atoms with Crippen molar-refractivity contribution in [1.29, 1.82) is 0 Å². The number of nitrogens with zero attached hydrogens (tertiary/aromatic N) is 3. The minimum Gasteiger partial charge on any atom is -0.494 e. The Morgan fingerprint density at radius 2 is 1.94 bits per heavy atom. The van der Waals surface area contributed by atoms with Crippen molar-refractivity contribution in [3.63, 3.8) is 0 Å². The maximum atomic E-state index is 5.69. The first-order chi connectivity index (χ1) is 7.48. The van der Waals surface area contributed by atoms with Crippen molar-refractivity contribution in [2.45, 2.75) is 13.8 Å². The molecule has 0 aromatic carbocycles. The monoisotopic (exact) mass is 224 g/mol. The molecule has 16 heavy (non-hydrogen) atoms. The highest BCUT2D eigenvalue weighted by atomic mass is 16.5. The van der Waals surface area contributed by atoms with E-state index in [1.807, 2.05) is 11.9 Å². The summed E-state index contributed by atoms with van der Waals surface area (Å²) in [6.45, 7) is 5.68. The molecule has 0 amide bonds. The van der Waals surface area contributed by atoms with Gasteiger partial charge in [0, 0.05) is 13.6 Å². The number of ether oxygens (including phenoxy) is 1. The molecule has 5 nitrogen and oxygen atoms in total. The second-order valence-corrected chi connectivity index (χ2v) is 4.65. The minimum absolute atomic E-state index is 0.0536. The molecule has 0 unspecified atom stereocenters. The highest BCUT2D eigenvalue weighted by molar-refractivity contribution is 5.30. The summed E-state index contributed by atoms with van der Waals surface area (Å²) in [4.78, 5) is 10.4. The molecule has 1 aromatic heterocycles. The Bertz CT molecular complexity index is 323. The number of hydrogen-bond acceptors (Lipinski definition) is 5. The quantitative estimate of drug-likeness (QED) is 0.805. The molecule has 0 fully saturated rings. The molecule has 0 aliphatic carbocycles. The molecule has 0 aliphatic heterocycles. The second-order valence-electron chi connectivity index (χ2n) is 4.65. The van der Waals surface area contributed by atoms with Crippen molar-refractivity contribution in [3.05, 3.63) is 12.4 Å². The molecule has 1 heterocycles. The lowest BCUT2D eigenvalue weighted by molar-refractivity contribution is 0.382. The summed E-state index contributed by atoms with van der Waals surface area (Å²) in [7, 11) is 3.55. The third-order valence-corrected chi connectivity index (χ3v) is 2.41. The second kappa shape index (κ2) is 5.12. The zero-order chi connectivity index (χ0) is 12.2. The fourth-order valence-corrected chi connectivity index (χ4v) is 1.39. The highest BCUT2D eigenvalue weighted by Gasteiger charge is 2.19. The van der Waals surface area contributed by atoms with Gasteiger partial charge in [-0.05, 0) is 12.0 Å². The highest BCUT2D eigenvalue weighted by Crippen LogP contribution is 2.17. The SMILES string of the molecule is COc1cnc(N(C)CC(C)(C)CN)nc1. The zero-order valence-electron chi connectivity index (χ0n) is 10.4. The van der Waals surface area contributed by atoms with Crippen molar-refractivity contribution in [2.24, 2.45) is 11.1 Å². The predicted molar refractivity (Wildman–Crippen MR) is 64.7 cm³/mol. The molecular formula is C11H20N4O. The molecule has 0 saturated heterocycles. The third-order valence-electron chi connectivity index (χ3n) is 2.41. The minimum atomic E-state index is 0.0536. The maximum Gasteiger partial charge on any atom is 0.225 e. The van der Waals surface area contributed by atoms with E-state index in [1.54, 1.807) is 19.5 Å². The van der Waals surface area contributed by atoms with Crippen LogP contribution in [-0.4, -0.2) is 37.2 Å². The van der Waals surface area contributed by atoms with E-state index in [4.69, 9.17) is 10.5 Å². The van der Waals surface area contributed by atoms with E-state index >= 15 is 0 Å². The number of methoxy groups -OCH3 is 1. The molecule has 0 aliphatic rings. The molecule has 1 rings (SSSR count). The third kappa shape index (κ3) is 3.34. The summed E-state index contributed by atoms with van der Waals surface area (Å²) >= 11 is 0. The van der Waals surface area contributed by atoms with E-state index in [0.29, 0.717) is 18.2 Å². The standard InChI is InChI=1S/C11H20N4O/c1-11(2,7-12)8-15(3)10-13-5-9(16-4)6-14-10/h5-6H,7-8,12H2,1-4H3. The Kier molecular flexibility index (Phi) is 4.06. The van der Waals surface area contributed by atoms with E-state index in [9.17, 15) is 0 Å². The molecule has 0 radical (unpaired) electrons.